The van der Waals surface area contributed by atoms with E-state index in [0.29, 0.717) is 22.2 Å². The maximum atomic E-state index is 14.1. The highest BCUT2D eigenvalue weighted by Gasteiger charge is 2.32. The van der Waals surface area contributed by atoms with Gasteiger partial charge in [0.2, 0.25) is 10.9 Å². The van der Waals surface area contributed by atoms with Gasteiger partial charge >= 0.3 is 0 Å². The third-order valence-electron chi connectivity index (χ3n) is 6.27. The van der Waals surface area contributed by atoms with Crippen LogP contribution in [0.2, 0.25) is 0 Å². The predicted octanol–water partition coefficient (Wildman–Crippen LogP) is 6.05. The fraction of sp³-hybridized carbons (Fsp3) is 0.192. The zero-order valence-electron chi connectivity index (χ0n) is 19.4. The first-order valence-corrected chi connectivity index (χ1v) is 13.2. The third-order valence-corrected chi connectivity index (χ3v) is 7.77. The van der Waals surface area contributed by atoms with Gasteiger partial charge in [-0.2, -0.15) is 0 Å². The first-order chi connectivity index (χ1) is 17.7. The normalized spacial score (nSPS) is 13.4. The maximum Gasteiger partial charge on any atom is 0.255 e. The molecule has 11 heteroatoms. The molecule has 0 unspecified atom stereocenters. The van der Waals surface area contributed by atoms with E-state index < -0.39 is 34.2 Å². The Morgan fingerprint density at radius 1 is 1.08 bits per heavy atom. The monoisotopic (exact) mass is 592 g/mol. The number of nitrogens with one attached hydrogen (secondary N) is 1. The molecule has 0 saturated heterocycles. The van der Waals surface area contributed by atoms with Gasteiger partial charge in [-0.1, -0.05) is 0 Å². The zero-order chi connectivity index (χ0) is 26.4. The summed E-state index contributed by atoms with van der Waals surface area (Å²) in [7, 11) is -1.73. The van der Waals surface area contributed by atoms with Gasteiger partial charge in [0.15, 0.2) is 0 Å². The highest BCUT2D eigenvalue weighted by molar-refractivity contribution is 9.10. The van der Waals surface area contributed by atoms with E-state index in [-0.39, 0.29) is 39.4 Å². The number of hydrogen-bond donors (Lipinski definition) is 2. The number of fused-ring (bicyclic) bond motifs is 1. The molecule has 1 N–H and O–H groups in total. The van der Waals surface area contributed by atoms with Crippen molar-refractivity contribution in [3.63, 3.8) is 0 Å². The molecule has 0 bridgehead atoms. The summed E-state index contributed by atoms with van der Waals surface area (Å²) in [5.41, 5.74) is 2.06. The van der Waals surface area contributed by atoms with Gasteiger partial charge in [0.05, 0.1) is 22.3 Å². The van der Waals surface area contributed by atoms with Crippen LogP contribution < -0.4 is 9.62 Å². The van der Waals surface area contributed by atoms with Crippen LogP contribution in [0.15, 0.2) is 57.4 Å². The van der Waals surface area contributed by atoms with Gasteiger partial charge in [0.1, 0.15) is 28.8 Å². The Labute approximate surface area is 220 Å². The summed E-state index contributed by atoms with van der Waals surface area (Å²) in [6.45, 7) is -0.307. The molecule has 1 amide bonds. The van der Waals surface area contributed by atoms with E-state index in [0.717, 1.165) is 29.3 Å². The summed E-state index contributed by atoms with van der Waals surface area (Å²) in [5, 5.41) is 3.07. The number of anilines is 1. The van der Waals surface area contributed by atoms with Crippen LogP contribution in [-0.2, 0) is 17.4 Å². The molecule has 5 rings (SSSR count). The Kier molecular flexibility index (Phi) is 6.76. The topological polar surface area (TPSA) is 79.6 Å². The molecule has 3 aromatic carbocycles. The highest BCUT2D eigenvalue weighted by Crippen LogP contribution is 2.48. The number of carbonyl (C=O) groups is 1. The number of hydrogen-bond acceptors (Lipinski definition) is 4. The first kappa shape index (κ1) is 25.3. The third kappa shape index (κ3) is 4.85. The molecule has 1 aromatic heterocycles. The Morgan fingerprint density at radius 3 is 2.30 bits per heavy atom. The number of amides is 1. The maximum absolute atomic E-state index is 14.1. The van der Waals surface area contributed by atoms with E-state index in [1.807, 2.05) is 0 Å². The molecular weight excluding hydrogens is 573 g/mol. The van der Waals surface area contributed by atoms with Crippen molar-refractivity contribution in [2.24, 2.45) is 0 Å². The van der Waals surface area contributed by atoms with Gasteiger partial charge in [0, 0.05) is 24.1 Å². The molecule has 0 spiro atoms. The minimum atomic E-state index is -3.21. The van der Waals surface area contributed by atoms with Crippen molar-refractivity contribution < 1.29 is 30.8 Å². The number of nitrogens with zero attached hydrogens (tertiary/aromatic N) is 1. The van der Waals surface area contributed by atoms with E-state index in [4.69, 9.17) is 4.42 Å². The van der Waals surface area contributed by atoms with Crippen LogP contribution in [0.5, 0.6) is 0 Å². The van der Waals surface area contributed by atoms with Crippen molar-refractivity contribution >= 4 is 49.4 Å². The molecule has 1 aliphatic rings. The smallest absolute Gasteiger partial charge is 0.255 e. The minimum absolute atomic E-state index is 0.0527. The number of benzene rings is 3. The van der Waals surface area contributed by atoms with Gasteiger partial charge in [-0.3, -0.25) is 9.10 Å². The summed E-state index contributed by atoms with van der Waals surface area (Å²) in [5.74, 6) is -2.30. The molecule has 0 atom stereocenters. The van der Waals surface area contributed by atoms with Crippen molar-refractivity contribution in [3.8, 4) is 11.3 Å². The zero-order valence-corrected chi connectivity index (χ0v) is 21.8. The second kappa shape index (κ2) is 9.86. The SMILES string of the molecule is CNC(=O)c1c(-c2ccc(F)cc2)oc2cc(N(Cc3cc(F)c(Br)c(F)c3)[SH](=O)=O)c(C3CC3)cc12. The molecule has 192 valence electrons. The molecule has 1 aliphatic carbocycles. The lowest BCUT2D eigenvalue weighted by Crippen LogP contribution is -2.22. The van der Waals surface area contributed by atoms with E-state index in [9.17, 15) is 26.4 Å². The quantitative estimate of drug-likeness (QED) is 0.202. The van der Waals surface area contributed by atoms with E-state index in [1.54, 1.807) is 6.07 Å². The molecule has 6 nitrogen and oxygen atoms in total. The molecular formula is C26H20BrF3N2O4S. The summed E-state index contributed by atoms with van der Waals surface area (Å²) in [4.78, 5) is 12.9. The fourth-order valence-electron chi connectivity index (χ4n) is 4.35. The molecule has 1 saturated carbocycles. The lowest BCUT2D eigenvalue weighted by atomic mass is 10.00. The van der Waals surface area contributed by atoms with Crippen molar-refractivity contribution in [1.82, 2.24) is 5.32 Å². The Hall–Kier alpha value is -3.31. The molecule has 4 aromatic rings. The molecule has 37 heavy (non-hydrogen) atoms. The number of halogens is 4. The van der Waals surface area contributed by atoms with Crippen LogP contribution in [0.1, 0.15) is 40.2 Å². The number of thiol groups is 1. The highest BCUT2D eigenvalue weighted by atomic mass is 79.9. The van der Waals surface area contributed by atoms with Crippen LogP contribution in [0.4, 0.5) is 18.9 Å². The predicted molar refractivity (Wildman–Crippen MR) is 138 cm³/mol. The Bertz CT molecular complexity index is 1580. The van der Waals surface area contributed by atoms with Crippen molar-refractivity contribution in [2.45, 2.75) is 25.3 Å². The minimum Gasteiger partial charge on any atom is -0.455 e. The number of furan rings is 1. The number of carbonyl (C=O) groups excluding carboxylic acids is 1. The molecule has 1 heterocycles. The second-order valence-corrected chi connectivity index (χ2v) is 10.5. The molecule has 1 fully saturated rings. The van der Waals surface area contributed by atoms with Crippen molar-refractivity contribution in [3.05, 3.63) is 87.1 Å². The Morgan fingerprint density at radius 2 is 1.73 bits per heavy atom. The van der Waals surface area contributed by atoms with Gasteiger partial charge in [-0.15, -0.1) is 0 Å². The lowest BCUT2D eigenvalue weighted by Gasteiger charge is -2.21. The van der Waals surface area contributed by atoms with Crippen LogP contribution in [0.3, 0.4) is 0 Å². The summed E-state index contributed by atoms with van der Waals surface area (Å²) < 4.78 is 73.3. The summed E-state index contributed by atoms with van der Waals surface area (Å²) in [6.07, 6.45) is 1.64. The molecule has 0 aliphatic heterocycles. The van der Waals surface area contributed by atoms with E-state index >= 15 is 0 Å². The summed E-state index contributed by atoms with van der Waals surface area (Å²) in [6, 6.07) is 10.9. The summed E-state index contributed by atoms with van der Waals surface area (Å²) >= 11 is 2.82. The average molecular weight is 593 g/mol. The standard InChI is InChI=1S/C26H20BrF3N2O4S/c1-31-26(33)23-18-10-17(14-2-3-14)21(11-22(18)36-25(23)15-4-6-16(28)7-5-15)32(37(34)35)12-13-8-19(29)24(27)20(30)9-13/h4-11,14,37H,2-3,12H2,1H3,(H,31,33). The van der Waals surface area contributed by atoms with Crippen LogP contribution in [-0.4, -0.2) is 21.4 Å². The van der Waals surface area contributed by atoms with Gasteiger partial charge in [-0.25, -0.2) is 21.6 Å². The second-order valence-electron chi connectivity index (χ2n) is 8.74. The fourth-order valence-corrected chi connectivity index (χ4v) is 5.21. The Balaban J connectivity index is 1.69. The van der Waals surface area contributed by atoms with Crippen molar-refractivity contribution in [1.29, 1.82) is 0 Å². The van der Waals surface area contributed by atoms with Crippen LogP contribution >= 0.6 is 15.9 Å². The van der Waals surface area contributed by atoms with Crippen LogP contribution in [0.25, 0.3) is 22.3 Å². The van der Waals surface area contributed by atoms with Gasteiger partial charge < -0.3 is 9.73 Å². The van der Waals surface area contributed by atoms with Crippen LogP contribution in [0, 0.1) is 17.5 Å². The lowest BCUT2D eigenvalue weighted by molar-refractivity contribution is 0.0964. The van der Waals surface area contributed by atoms with Crippen molar-refractivity contribution in [2.75, 3.05) is 11.4 Å². The number of rotatable bonds is 7. The van der Waals surface area contributed by atoms with E-state index in [2.05, 4.69) is 21.2 Å². The van der Waals surface area contributed by atoms with Gasteiger partial charge in [-0.05, 0) is 88.3 Å². The van der Waals surface area contributed by atoms with Gasteiger partial charge in [0.25, 0.3) is 5.91 Å². The average Bonchev–Trinajstić information content (AvgIpc) is 3.65. The molecule has 0 radical (unpaired) electrons. The largest absolute Gasteiger partial charge is 0.455 e. The first-order valence-electron chi connectivity index (χ1n) is 11.3. The van der Waals surface area contributed by atoms with E-state index in [1.165, 1.54) is 37.4 Å².